The normalized spacial score (nSPS) is 10.0. The van der Waals surface area contributed by atoms with Gasteiger partial charge in [0, 0.05) is 25.3 Å². The molecule has 27 heavy (non-hydrogen) atoms. The van der Waals surface area contributed by atoms with Gasteiger partial charge in [-0.2, -0.15) is 0 Å². The van der Waals surface area contributed by atoms with Gasteiger partial charge in [-0.25, -0.2) is 0 Å². The number of nitrogens with zero attached hydrogens (tertiary/aromatic N) is 1. The number of anilines is 1. The van der Waals surface area contributed by atoms with Crippen LogP contribution in [0.5, 0.6) is 11.5 Å². The first-order valence-corrected chi connectivity index (χ1v) is 8.46. The third-order valence-electron chi connectivity index (χ3n) is 3.77. The number of hydrogen-bond donors (Lipinski definition) is 1. The van der Waals surface area contributed by atoms with E-state index in [9.17, 15) is 9.59 Å². The highest BCUT2D eigenvalue weighted by Crippen LogP contribution is 2.28. The Morgan fingerprint density at radius 1 is 1.15 bits per heavy atom. The Morgan fingerprint density at radius 3 is 2.59 bits per heavy atom. The summed E-state index contributed by atoms with van der Waals surface area (Å²) in [6.07, 6.45) is 2.52. The fourth-order valence-electron chi connectivity index (χ4n) is 2.45. The second-order valence-corrected chi connectivity index (χ2v) is 6.10. The number of benzene rings is 2. The van der Waals surface area contributed by atoms with Crippen molar-refractivity contribution in [1.29, 1.82) is 0 Å². The van der Waals surface area contributed by atoms with Crippen molar-refractivity contribution in [2.75, 3.05) is 33.1 Å². The van der Waals surface area contributed by atoms with E-state index in [1.807, 2.05) is 12.1 Å². The van der Waals surface area contributed by atoms with Gasteiger partial charge < -0.3 is 19.7 Å². The molecule has 0 saturated carbocycles. The van der Waals surface area contributed by atoms with Gasteiger partial charge in [0.05, 0.1) is 7.11 Å². The molecule has 0 bridgehead atoms. The van der Waals surface area contributed by atoms with Gasteiger partial charge in [0.25, 0.3) is 11.8 Å². The van der Waals surface area contributed by atoms with Crippen LogP contribution in [-0.2, 0) is 11.2 Å². The third-order valence-corrected chi connectivity index (χ3v) is 3.77. The summed E-state index contributed by atoms with van der Waals surface area (Å²) in [5.74, 6) is 0.575. The maximum Gasteiger partial charge on any atom is 0.262 e. The number of carbonyl (C=O) groups is 2. The summed E-state index contributed by atoms with van der Waals surface area (Å²) in [7, 11) is 4.90. The van der Waals surface area contributed by atoms with Crippen LogP contribution in [0, 0.1) is 0 Å². The quantitative estimate of drug-likeness (QED) is 0.727. The van der Waals surface area contributed by atoms with E-state index in [0.29, 0.717) is 22.7 Å². The summed E-state index contributed by atoms with van der Waals surface area (Å²) in [4.78, 5) is 25.7. The van der Waals surface area contributed by atoms with Crippen LogP contribution in [0.25, 0.3) is 0 Å². The Kier molecular flexibility index (Phi) is 7.00. The van der Waals surface area contributed by atoms with E-state index in [0.717, 1.165) is 12.0 Å². The van der Waals surface area contributed by atoms with Crippen LogP contribution in [0.2, 0.25) is 0 Å². The van der Waals surface area contributed by atoms with Gasteiger partial charge in [-0.15, -0.1) is 6.58 Å². The maximum absolute atomic E-state index is 12.2. The van der Waals surface area contributed by atoms with Crippen LogP contribution < -0.4 is 14.8 Å². The third kappa shape index (κ3) is 5.60. The molecule has 2 amide bonds. The summed E-state index contributed by atoms with van der Waals surface area (Å²) >= 11 is 0. The lowest BCUT2D eigenvalue weighted by Crippen LogP contribution is -2.23. The molecule has 6 heteroatoms. The molecule has 0 spiro atoms. The lowest BCUT2D eigenvalue weighted by atomic mass is 10.1. The molecule has 0 saturated heterocycles. The number of rotatable bonds is 8. The standard InChI is InChI=1S/C21H24N2O4/c1-5-7-15-10-11-18(19(12-15)26-4)27-14-20(24)22-17-9-6-8-16(13-17)21(25)23(2)3/h5-6,8-13H,1,7,14H2,2-4H3,(H,22,24). The van der Waals surface area contributed by atoms with Crippen molar-refractivity contribution in [3.05, 3.63) is 66.2 Å². The molecule has 0 fully saturated rings. The minimum Gasteiger partial charge on any atom is -0.493 e. The fraction of sp³-hybridized carbons (Fsp3) is 0.238. The van der Waals surface area contributed by atoms with Crippen molar-refractivity contribution in [3.63, 3.8) is 0 Å². The molecule has 0 unspecified atom stereocenters. The van der Waals surface area contributed by atoms with Gasteiger partial charge in [0.1, 0.15) is 0 Å². The number of hydrogen-bond acceptors (Lipinski definition) is 4. The second kappa shape index (κ2) is 9.43. The van der Waals surface area contributed by atoms with Crippen molar-refractivity contribution in [2.24, 2.45) is 0 Å². The first-order valence-electron chi connectivity index (χ1n) is 8.46. The molecule has 1 N–H and O–H groups in total. The molecule has 2 aromatic carbocycles. The van der Waals surface area contributed by atoms with Gasteiger partial charge in [-0.05, 0) is 42.3 Å². The fourth-order valence-corrected chi connectivity index (χ4v) is 2.45. The first-order chi connectivity index (χ1) is 12.9. The molecule has 0 radical (unpaired) electrons. The first kappa shape index (κ1) is 20.0. The highest BCUT2D eigenvalue weighted by atomic mass is 16.5. The molecule has 0 aliphatic carbocycles. The maximum atomic E-state index is 12.2. The van der Waals surface area contributed by atoms with Crippen LogP contribution in [0.1, 0.15) is 15.9 Å². The van der Waals surface area contributed by atoms with Crippen molar-refractivity contribution < 1.29 is 19.1 Å². The van der Waals surface area contributed by atoms with E-state index in [1.54, 1.807) is 57.6 Å². The van der Waals surface area contributed by atoms with E-state index in [4.69, 9.17) is 9.47 Å². The Labute approximate surface area is 159 Å². The number of allylic oxidation sites excluding steroid dienone is 1. The van der Waals surface area contributed by atoms with Crippen molar-refractivity contribution in [2.45, 2.75) is 6.42 Å². The molecule has 0 aromatic heterocycles. The summed E-state index contributed by atoms with van der Waals surface area (Å²) in [6.45, 7) is 3.53. The molecular weight excluding hydrogens is 344 g/mol. The highest BCUT2D eigenvalue weighted by Gasteiger charge is 2.11. The van der Waals surface area contributed by atoms with Crippen LogP contribution in [0.15, 0.2) is 55.1 Å². The highest BCUT2D eigenvalue weighted by molar-refractivity contribution is 5.97. The Balaban J connectivity index is 2.00. The Morgan fingerprint density at radius 2 is 1.93 bits per heavy atom. The molecular formula is C21H24N2O4. The molecule has 0 heterocycles. The van der Waals surface area contributed by atoms with Crippen molar-refractivity contribution in [1.82, 2.24) is 4.90 Å². The minimum atomic E-state index is -0.332. The van der Waals surface area contributed by atoms with Crippen LogP contribution in [0.4, 0.5) is 5.69 Å². The van der Waals surface area contributed by atoms with E-state index in [2.05, 4.69) is 11.9 Å². The van der Waals surface area contributed by atoms with E-state index in [-0.39, 0.29) is 18.4 Å². The predicted octanol–water partition coefficient (Wildman–Crippen LogP) is 3.14. The SMILES string of the molecule is C=CCc1ccc(OCC(=O)Nc2cccc(C(=O)N(C)C)c2)c(OC)c1. The number of carbonyl (C=O) groups excluding carboxylic acids is 2. The lowest BCUT2D eigenvalue weighted by Gasteiger charge is -2.13. The van der Waals surface area contributed by atoms with E-state index < -0.39 is 0 Å². The minimum absolute atomic E-state index is 0.133. The van der Waals surface area contributed by atoms with Crippen molar-refractivity contribution >= 4 is 17.5 Å². The lowest BCUT2D eigenvalue weighted by molar-refractivity contribution is -0.118. The van der Waals surface area contributed by atoms with E-state index in [1.165, 1.54) is 4.90 Å². The number of ether oxygens (including phenoxy) is 2. The molecule has 142 valence electrons. The topological polar surface area (TPSA) is 67.9 Å². The molecule has 2 aromatic rings. The van der Waals surface area contributed by atoms with Crippen molar-refractivity contribution in [3.8, 4) is 11.5 Å². The summed E-state index contributed by atoms with van der Waals surface area (Å²) < 4.78 is 10.9. The van der Waals surface area contributed by atoms with Gasteiger partial charge in [0.15, 0.2) is 18.1 Å². The number of methoxy groups -OCH3 is 1. The average Bonchev–Trinajstić information content (AvgIpc) is 2.66. The van der Waals surface area contributed by atoms with Crippen LogP contribution >= 0.6 is 0 Å². The van der Waals surface area contributed by atoms with Crippen LogP contribution in [-0.4, -0.2) is 44.5 Å². The number of amides is 2. The predicted molar refractivity (Wildman–Crippen MR) is 105 cm³/mol. The summed E-state index contributed by atoms with van der Waals surface area (Å²) in [6, 6.07) is 12.3. The van der Waals surface area contributed by atoms with E-state index >= 15 is 0 Å². The molecule has 2 rings (SSSR count). The van der Waals surface area contributed by atoms with Gasteiger partial charge in [0.2, 0.25) is 0 Å². The Bertz CT molecular complexity index is 831. The zero-order valence-electron chi connectivity index (χ0n) is 15.8. The largest absolute Gasteiger partial charge is 0.493 e. The summed E-state index contributed by atoms with van der Waals surface area (Å²) in [5, 5.41) is 2.73. The molecule has 0 atom stereocenters. The molecule has 6 nitrogen and oxygen atoms in total. The molecule has 0 aliphatic heterocycles. The van der Waals surface area contributed by atoms with Crippen LogP contribution in [0.3, 0.4) is 0 Å². The number of nitrogens with one attached hydrogen (secondary N) is 1. The molecule has 0 aliphatic rings. The smallest absolute Gasteiger partial charge is 0.262 e. The zero-order chi connectivity index (χ0) is 19.8. The summed E-state index contributed by atoms with van der Waals surface area (Å²) in [5.41, 5.74) is 2.07. The zero-order valence-corrected chi connectivity index (χ0v) is 15.8. The second-order valence-electron chi connectivity index (χ2n) is 6.10. The van der Waals surface area contributed by atoms with Gasteiger partial charge in [-0.3, -0.25) is 9.59 Å². The Hall–Kier alpha value is -3.28. The van der Waals surface area contributed by atoms with Gasteiger partial charge in [-0.1, -0.05) is 18.2 Å². The monoisotopic (exact) mass is 368 g/mol. The van der Waals surface area contributed by atoms with Gasteiger partial charge >= 0.3 is 0 Å². The average molecular weight is 368 g/mol.